The van der Waals surface area contributed by atoms with Gasteiger partial charge in [0.1, 0.15) is 5.78 Å². The Bertz CT molecular complexity index is 883. The third-order valence-corrected chi connectivity index (χ3v) is 10.1. The smallest absolute Gasteiger partial charge is 0.155 e. The Balaban J connectivity index is 1.40. The number of ketones is 2. The molecule has 0 bridgehead atoms. The Kier molecular flexibility index (Phi) is 5.47. The van der Waals surface area contributed by atoms with Crippen LogP contribution in [0.3, 0.4) is 0 Å². The summed E-state index contributed by atoms with van der Waals surface area (Å²) < 4.78 is 0. The van der Waals surface area contributed by atoms with Crippen molar-refractivity contribution in [1.29, 1.82) is 0 Å². The molecule has 166 valence electrons. The minimum absolute atomic E-state index is 0.224. The van der Waals surface area contributed by atoms with Crippen LogP contribution in [-0.2, 0) is 16.0 Å². The molecule has 4 aliphatic carbocycles. The van der Waals surface area contributed by atoms with Crippen LogP contribution in [0, 0.1) is 34.5 Å². The van der Waals surface area contributed by atoms with Crippen LogP contribution in [0.4, 0.5) is 0 Å². The normalized spacial score (nSPS) is 39.3. The Hall–Kier alpha value is -1.70. The van der Waals surface area contributed by atoms with E-state index < -0.39 is 0 Å². The molecule has 0 unspecified atom stereocenters. The van der Waals surface area contributed by atoms with Gasteiger partial charge in [-0.1, -0.05) is 42.8 Å². The summed E-state index contributed by atoms with van der Waals surface area (Å²) >= 11 is 0. The first kappa shape index (κ1) is 21.2. The molecular formula is C29H38O2. The molecule has 4 aliphatic rings. The molecule has 6 atom stereocenters. The van der Waals surface area contributed by atoms with E-state index >= 15 is 0 Å². The first-order valence-electron chi connectivity index (χ1n) is 12.7. The van der Waals surface area contributed by atoms with E-state index in [0.29, 0.717) is 23.4 Å². The number of hydrogen-bond donors (Lipinski definition) is 0. The van der Waals surface area contributed by atoms with Crippen LogP contribution < -0.4 is 0 Å². The third kappa shape index (κ3) is 3.45. The van der Waals surface area contributed by atoms with Crippen molar-refractivity contribution in [2.75, 3.05) is 0 Å². The van der Waals surface area contributed by atoms with E-state index in [1.807, 2.05) is 13.0 Å². The van der Waals surface area contributed by atoms with Crippen molar-refractivity contribution in [2.45, 2.75) is 84.5 Å². The predicted molar refractivity (Wildman–Crippen MR) is 125 cm³/mol. The number of carbonyl (C=O) groups excluding carboxylic acids is 2. The fourth-order valence-electron chi connectivity index (χ4n) is 8.73. The van der Waals surface area contributed by atoms with Crippen molar-refractivity contribution in [3.05, 3.63) is 47.5 Å². The summed E-state index contributed by atoms with van der Waals surface area (Å²) in [5, 5.41) is 0. The van der Waals surface area contributed by atoms with Gasteiger partial charge >= 0.3 is 0 Å². The van der Waals surface area contributed by atoms with Crippen LogP contribution in [-0.4, -0.2) is 11.6 Å². The molecule has 0 N–H and O–H groups in total. The van der Waals surface area contributed by atoms with E-state index in [0.717, 1.165) is 38.0 Å². The highest BCUT2D eigenvalue weighted by Crippen LogP contribution is 2.68. The van der Waals surface area contributed by atoms with Gasteiger partial charge in [-0.2, -0.15) is 0 Å². The zero-order valence-corrected chi connectivity index (χ0v) is 19.4. The van der Waals surface area contributed by atoms with E-state index in [2.05, 4.69) is 37.3 Å². The van der Waals surface area contributed by atoms with Gasteiger partial charge in [0.2, 0.25) is 0 Å². The second-order valence-electron chi connectivity index (χ2n) is 11.3. The maximum atomic E-state index is 12.8. The first-order chi connectivity index (χ1) is 14.9. The standard InChI is InChI=1S/C29H38O2/c1-20(30)25-12-13-27-24-11-10-22-19-23(31)14-17-28(22,2)26(24)15-18-29(25,27)16-6-9-21-7-4-3-5-8-21/h3-5,7-8,19,24-27H,6,9-18H2,1-2H3/t24-,25-,26-,27+,28-,29-/m1/s1. The average molecular weight is 419 g/mol. The van der Waals surface area contributed by atoms with Crippen LogP contribution in [0.5, 0.6) is 0 Å². The van der Waals surface area contributed by atoms with Crippen LogP contribution in [0.15, 0.2) is 42.0 Å². The van der Waals surface area contributed by atoms with Gasteiger partial charge in [0.15, 0.2) is 5.78 Å². The van der Waals surface area contributed by atoms with Gasteiger partial charge in [0, 0.05) is 12.3 Å². The maximum absolute atomic E-state index is 12.8. The van der Waals surface area contributed by atoms with Gasteiger partial charge in [-0.15, -0.1) is 0 Å². The lowest BCUT2D eigenvalue weighted by molar-refractivity contribution is -0.130. The SMILES string of the molecule is CC(=O)[C@H]1CC[C@H]2[C@@H]3CCC4=CC(=O)CC[C@@]4(C)[C@@H]3CC[C@]12CCCc1ccccc1. The Morgan fingerprint density at radius 3 is 2.58 bits per heavy atom. The molecule has 5 rings (SSSR count). The summed E-state index contributed by atoms with van der Waals surface area (Å²) in [6.45, 7) is 4.32. The first-order valence-corrected chi connectivity index (χ1v) is 12.7. The molecule has 2 nitrogen and oxygen atoms in total. The number of carbonyl (C=O) groups is 2. The minimum Gasteiger partial charge on any atom is -0.300 e. The van der Waals surface area contributed by atoms with Gasteiger partial charge in [-0.3, -0.25) is 9.59 Å². The summed E-state index contributed by atoms with van der Waals surface area (Å²) in [5.41, 5.74) is 3.32. The molecule has 1 aromatic rings. The maximum Gasteiger partial charge on any atom is 0.155 e. The number of fused-ring (bicyclic) bond motifs is 5. The van der Waals surface area contributed by atoms with E-state index in [1.165, 1.54) is 49.7 Å². The highest BCUT2D eigenvalue weighted by atomic mass is 16.1. The summed E-state index contributed by atoms with van der Waals surface area (Å²) in [7, 11) is 0. The van der Waals surface area contributed by atoms with Crippen LogP contribution in [0.1, 0.15) is 83.6 Å². The van der Waals surface area contributed by atoms with Gasteiger partial charge in [-0.25, -0.2) is 0 Å². The fourth-order valence-corrected chi connectivity index (χ4v) is 8.73. The zero-order chi connectivity index (χ0) is 21.6. The monoisotopic (exact) mass is 418 g/mol. The third-order valence-electron chi connectivity index (χ3n) is 10.1. The van der Waals surface area contributed by atoms with Crippen molar-refractivity contribution in [2.24, 2.45) is 34.5 Å². The Morgan fingerprint density at radius 1 is 1.00 bits per heavy atom. The second kappa shape index (κ2) is 8.01. The van der Waals surface area contributed by atoms with E-state index in [1.54, 1.807) is 0 Å². The molecule has 1 aromatic carbocycles. The summed E-state index contributed by atoms with van der Waals surface area (Å²) in [6.07, 6.45) is 14.4. The van der Waals surface area contributed by atoms with E-state index in [9.17, 15) is 9.59 Å². The van der Waals surface area contributed by atoms with Crippen molar-refractivity contribution >= 4 is 11.6 Å². The number of hydrogen-bond acceptors (Lipinski definition) is 2. The average Bonchev–Trinajstić information content (AvgIpc) is 3.15. The van der Waals surface area contributed by atoms with Crippen LogP contribution >= 0.6 is 0 Å². The molecule has 2 heteroatoms. The van der Waals surface area contributed by atoms with Gasteiger partial charge < -0.3 is 0 Å². The zero-order valence-electron chi connectivity index (χ0n) is 19.4. The lowest BCUT2D eigenvalue weighted by atomic mass is 9.45. The highest BCUT2D eigenvalue weighted by molar-refractivity contribution is 5.91. The molecule has 0 amide bonds. The summed E-state index contributed by atoms with van der Waals surface area (Å²) in [6, 6.07) is 10.8. The lowest BCUT2D eigenvalue weighted by Crippen LogP contribution is -2.52. The number of aryl methyl sites for hydroxylation is 1. The number of rotatable bonds is 5. The summed E-state index contributed by atoms with van der Waals surface area (Å²) in [5.74, 6) is 3.20. The van der Waals surface area contributed by atoms with E-state index in [-0.39, 0.29) is 16.7 Å². The molecule has 0 radical (unpaired) electrons. The van der Waals surface area contributed by atoms with Gasteiger partial charge in [0.25, 0.3) is 0 Å². The highest BCUT2D eigenvalue weighted by Gasteiger charge is 2.61. The van der Waals surface area contributed by atoms with Gasteiger partial charge in [-0.05, 0) is 111 Å². The van der Waals surface area contributed by atoms with Crippen LogP contribution in [0.2, 0.25) is 0 Å². The minimum atomic E-state index is 0.224. The molecule has 3 fully saturated rings. The van der Waals surface area contributed by atoms with Crippen molar-refractivity contribution in [3.8, 4) is 0 Å². The number of allylic oxidation sites excluding steroid dienone is 1. The molecular weight excluding hydrogens is 380 g/mol. The molecule has 31 heavy (non-hydrogen) atoms. The molecule has 0 aromatic heterocycles. The van der Waals surface area contributed by atoms with Gasteiger partial charge in [0.05, 0.1) is 0 Å². The second-order valence-corrected chi connectivity index (χ2v) is 11.3. The Morgan fingerprint density at radius 2 is 1.81 bits per heavy atom. The lowest BCUT2D eigenvalue weighted by Gasteiger charge is -2.59. The molecule has 3 saturated carbocycles. The molecule has 0 heterocycles. The van der Waals surface area contributed by atoms with Crippen molar-refractivity contribution < 1.29 is 9.59 Å². The quantitative estimate of drug-likeness (QED) is 0.531. The topological polar surface area (TPSA) is 34.1 Å². The number of benzene rings is 1. The summed E-state index contributed by atoms with van der Waals surface area (Å²) in [4.78, 5) is 24.9. The molecule has 0 aliphatic heterocycles. The molecule has 0 spiro atoms. The van der Waals surface area contributed by atoms with Crippen molar-refractivity contribution in [1.82, 2.24) is 0 Å². The van der Waals surface area contributed by atoms with Crippen LogP contribution in [0.25, 0.3) is 0 Å². The predicted octanol–water partition coefficient (Wildman–Crippen LogP) is 6.73. The van der Waals surface area contributed by atoms with E-state index in [4.69, 9.17) is 0 Å². The number of Topliss-reactive ketones (excluding diaryl/α,β-unsaturated/α-hetero) is 1. The van der Waals surface area contributed by atoms with Crippen molar-refractivity contribution in [3.63, 3.8) is 0 Å². The largest absolute Gasteiger partial charge is 0.300 e. The Labute approximate surface area is 187 Å². The fraction of sp³-hybridized carbons (Fsp3) is 0.655. The molecule has 0 saturated heterocycles.